The summed E-state index contributed by atoms with van der Waals surface area (Å²) in [5, 5.41) is 0. The van der Waals surface area contributed by atoms with E-state index in [9.17, 15) is 0 Å². The molecule has 1 radical (unpaired) electrons. The van der Waals surface area contributed by atoms with Gasteiger partial charge in [0.1, 0.15) is 0 Å². The average Bonchev–Trinajstić information content (AvgIpc) is 0. The normalized spacial score (nSPS) is 0. The summed E-state index contributed by atoms with van der Waals surface area (Å²) in [5.41, 5.74) is 0. The Morgan fingerprint density at radius 3 is 1.00 bits per heavy atom. The Labute approximate surface area is 62.9 Å². The molecule has 0 fully saturated rings. The maximum Gasteiger partial charge on any atom is 0 e. The molecule has 0 N–H and O–H groups in total. The quantitative estimate of drug-likeness (QED) is 0.551. The van der Waals surface area contributed by atoms with Gasteiger partial charge in [0.05, 0.1) is 0 Å². The minimum absolute atomic E-state index is 0. The van der Waals surface area contributed by atoms with Crippen LogP contribution in [-0.4, -0.2) is 0 Å². The average molecular weight is 357 g/mol. The van der Waals surface area contributed by atoms with E-state index in [0.717, 1.165) is 0 Å². The van der Waals surface area contributed by atoms with Crippen molar-refractivity contribution in [2.24, 2.45) is 0 Å². The number of halogens is 1. The minimum Gasteiger partial charge on any atom is 0 e. The van der Waals surface area contributed by atoms with Gasteiger partial charge in [-0.3, -0.25) is 0 Å². The van der Waals surface area contributed by atoms with Crippen molar-refractivity contribution in [1.82, 2.24) is 0 Å². The Kier molecular flexibility index (Phi) is 221. The van der Waals surface area contributed by atoms with E-state index in [0.29, 0.717) is 0 Å². The summed E-state index contributed by atoms with van der Waals surface area (Å²) in [6, 6.07) is 0. The summed E-state index contributed by atoms with van der Waals surface area (Å²) >= 11 is 0. The molecule has 0 saturated heterocycles. The molecule has 0 rings (SSSR count). The summed E-state index contributed by atoms with van der Waals surface area (Å²) in [7, 11) is 0. The van der Waals surface area contributed by atoms with E-state index < -0.39 is 0 Å². The van der Waals surface area contributed by atoms with Crippen molar-refractivity contribution >= 4 is 0 Å². The van der Waals surface area contributed by atoms with Gasteiger partial charge in [-0.25, -0.2) is 0 Å². The number of hydrogen-bond acceptors (Lipinski definition) is 0. The SMILES string of the molecule is [F].[Mo].[Ni].[W]. The van der Waals surface area contributed by atoms with Crippen molar-refractivity contribution in [3.63, 3.8) is 0 Å². The first-order chi connectivity index (χ1) is 0. The van der Waals surface area contributed by atoms with Crippen molar-refractivity contribution in [3.8, 4) is 0 Å². The van der Waals surface area contributed by atoms with Crippen LogP contribution >= 0.6 is 0 Å². The molecule has 0 aromatic heterocycles. The Morgan fingerprint density at radius 2 is 1.00 bits per heavy atom. The molecule has 0 aromatic carbocycles. The van der Waals surface area contributed by atoms with Crippen LogP contribution in [0.25, 0.3) is 0 Å². The molecule has 0 spiro atoms. The molecule has 0 aliphatic carbocycles. The molecule has 0 nitrogen and oxygen atoms in total. The zero-order valence-electron chi connectivity index (χ0n) is 1.51. The van der Waals surface area contributed by atoms with Gasteiger partial charge in [-0.05, 0) is 0 Å². The molecular formula is FMoNiW. The molecule has 0 amide bonds. The van der Waals surface area contributed by atoms with Gasteiger partial charge >= 0.3 is 0 Å². The first kappa shape index (κ1) is 41.2. The standard InChI is InChI=1S/F.Mo.Ni.W. The summed E-state index contributed by atoms with van der Waals surface area (Å²) < 4.78 is 0. The smallest absolute Gasteiger partial charge is 0 e. The van der Waals surface area contributed by atoms with Crippen LogP contribution in [0.3, 0.4) is 0 Å². The molecule has 4 heteroatoms. The van der Waals surface area contributed by atoms with Crippen molar-refractivity contribution in [2.75, 3.05) is 0 Å². The zero-order valence-corrected chi connectivity index (χ0v) is 7.44. The summed E-state index contributed by atoms with van der Waals surface area (Å²) in [5.74, 6) is 0. The van der Waals surface area contributed by atoms with Gasteiger partial charge in [-0.1, -0.05) is 0 Å². The summed E-state index contributed by atoms with van der Waals surface area (Å²) in [6.07, 6.45) is 0. The Balaban J connectivity index is 0. The van der Waals surface area contributed by atoms with Crippen molar-refractivity contribution < 1.29 is 63.3 Å². The third-order valence-corrected chi connectivity index (χ3v) is 0. The van der Waals surface area contributed by atoms with E-state index in [2.05, 4.69) is 0 Å². The molecule has 4 heavy (non-hydrogen) atoms. The Morgan fingerprint density at radius 1 is 1.00 bits per heavy atom. The van der Waals surface area contributed by atoms with Gasteiger partial charge in [-0.2, -0.15) is 0 Å². The van der Waals surface area contributed by atoms with Gasteiger partial charge in [0.25, 0.3) is 0 Å². The predicted octanol–water partition coefficient (Wildman–Crippen LogP) is 0.413. The van der Waals surface area contributed by atoms with Gasteiger partial charge in [0.15, 0.2) is 0 Å². The first-order valence-corrected chi connectivity index (χ1v) is 0. The van der Waals surface area contributed by atoms with E-state index in [1.54, 1.807) is 0 Å². The largest absolute Gasteiger partial charge is 0 e. The maximum absolute atomic E-state index is 0. The molecule has 0 bridgehead atoms. The third kappa shape index (κ3) is 9.19. The van der Waals surface area contributed by atoms with Gasteiger partial charge in [0, 0.05) is 63.3 Å². The second-order valence-electron chi connectivity index (χ2n) is 0. The Hall–Kier alpha value is 1.80. The molecule has 0 atom stereocenters. The fraction of sp³-hybridized carbons (Fsp3) is 0. The molecule has 0 saturated carbocycles. The van der Waals surface area contributed by atoms with Crippen LogP contribution in [0.5, 0.6) is 0 Å². The molecule has 0 aliphatic rings. The van der Waals surface area contributed by atoms with E-state index in [1.807, 2.05) is 0 Å². The molecule has 0 aromatic rings. The predicted molar refractivity (Wildman–Crippen MR) is 1.11 cm³/mol. The van der Waals surface area contributed by atoms with Crippen LogP contribution in [0.4, 0.5) is 4.70 Å². The van der Waals surface area contributed by atoms with Gasteiger partial charge < -0.3 is 0 Å². The van der Waals surface area contributed by atoms with Gasteiger partial charge in [0.2, 0.25) is 0 Å². The minimum atomic E-state index is 0. The summed E-state index contributed by atoms with van der Waals surface area (Å²) in [4.78, 5) is 0. The van der Waals surface area contributed by atoms with Crippen molar-refractivity contribution in [3.05, 3.63) is 0 Å². The Bertz CT molecular complexity index is 8.00. The number of rotatable bonds is 0. The first-order valence-electron chi connectivity index (χ1n) is 0. The van der Waals surface area contributed by atoms with Gasteiger partial charge in [-0.15, -0.1) is 0 Å². The van der Waals surface area contributed by atoms with Crippen LogP contribution in [-0.2, 0) is 58.6 Å². The molecule has 0 unspecified atom stereocenters. The van der Waals surface area contributed by atoms with Crippen LogP contribution in [0.2, 0.25) is 0 Å². The maximum atomic E-state index is 0. The molecular weight excluding hydrogens is 357 g/mol. The van der Waals surface area contributed by atoms with E-state index >= 15 is 0 Å². The fourth-order valence-corrected chi connectivity index (χ4v) is 0. The van der Waals surface area contributed by atoms with E-state index in [1.165, 1.54) is 0 Å². The number of hydrogen-bond donors (Lipinski definition) is 0. The van der Waals surface area contributed by atoms with Crippen LogP contribution < -0.4 is 0 Å². The fourth-order valence-electron chi connectivity index (χ4n) is 0. The molecule has 29 valence electrons. The topological polar surface area (TPSA) is 0 Å². The van der Waals surface area contributed by atoms with Crippen molar-refractivity contribution in [1.29, 1.82) is 0 Å². The van der Waals surface area contributed by atoms with E-state index in [4.69, 9.17) is 0 Å². The summed E-state index contributed by atoms with van der Waals surface area (Å²) in [6.45, 7) is 0. The zero-order chi connectivity index (χ0) is 0. The van der Waals surface area contributed by atoms with Crippen LogP contribution in [0.1, 0.15) is 0 Å². The van der Waals surface area contributed by atoms with Crippen molar-refractivity contribution in [2.45, 2.75) is 0 Å². The molecule has 0 heterocycles. The van der Waals surface area contributed by atoms with Crippen LogP contribution in [0.15, 0.2) is 0 Å². The van der Waals surface area contributed by atoms with Crippen LogP contribution in [0, 0.1) is 0 Å². The monoisotopic (exact) mass is 359 g/mol. The third-order valence-electron chi connectivity index (χ3n) is 0. The second-order valence-corrected chi connectivity index (χ2v) is 0. The molecule has 0 aliphatic heterocycles. The second kappa shape index (κ2) is 21.4. The van der Waals surface area contributed by atoms with E-state index in [-0.39, 0.29) is 63.3 Å².